The lowest BCUT2D eigenvalue weighted by Gasteiger charge is -2.37. The van der Waals surface area contributed by atoms with Crippen LogP contribution in [0.4, 0.5) is 0 Å². The van der Waals surface area contributed by atoms with Crippen molar-refractivity contribution < 1.29 is 0 Å². The zero-order valence-corrected chi connectivity index (χ0v) is 15.1. The Bertz CT molecular complexity index is 398. The standard InChI is InChI=1S/C21H34S/c1-3-9-17(10-4-1)19-15-21(13-7-2-8-14-21)16-22-20-12-6-5-11-18(19)20/h15,17-18,20H,1-14,16H2. The molecule has 2 atom stereocenters. The number of hydrogen-bond donors (Lipinski definition) is 0. The second kappa shape index (κ2) is 6.91. The van der Waals surface area contributed by atoms with Crippen molar-refractivity contribution >= 4 is 11.8 Å². The molecule has 0 amide bonds. The van der Waals surface area contributed by atoms with E-state index in [0.717, 1.165) is 17.1 Å². The molecule has 0 N–H and O–H groups in total. The molecular weight excluding hydrogens is 284 g/mol. The van der Waals surface area contributed by atoms with Crippen LogP contribution in [0.5, 0.6) is 0 Å². The van der Waals surface area contributed by atoms with Gasteiger partial charge >= 0.3 is 0 Å². The maximum atomic E-state index is 2.92. The van der Waals surface area contributed by atoms with Gasteiger partial charge in [-0.15, -0.1) is 0 Å². The first-order chi connectivity index (χ1) is 10.9. The van der Waals surface area contributed by atoms with Gasteiger partial charge in [-0.1, -0.05) is 63.0 Å². The highest BCUT2D eigenvalue weighted by Gasteiger charge is 2.40. The smallest absolute Gasteiger partial charge is 0.0113 e. The van der Waals surface area contributed by atoms with Crippen LogP contribution in [0.2, 0.25) is 0 Å². The van der Waals surface area contributed by atoms with Crippen LogP contribution in [0, 0.1) is 17.3 Å². The summed E-state index contributed by atoms with van der Waals surface area (Å²) in [4.78, 5) is 0. The monoisotopic (exact) mass is 318 g/mol. The highest BCUT2D eigenvalue weighted by molar-refractivity contribution is 8.00. The van der Waals surface area contributed by atoms with Crippen LogP contribution in [-0.2, 0) is 0 Å². The van der Waals surface area contributed by atoms with Crippen molar-refractivity contribution in [3.8, 4) is 0 Å². The summed E-state index contributed by atoms with van der Waals surface area (Å²) in [5.41, 5.74) is 2.59. The minimum absolute atomic E-state index is 0.604. The summed E-state index contributed by atoms with van der Waals surface area (Å²) in [7, 11) is 0. The SMILES string of the molecule is C1=C(C2CCCCC2)C2CCCCC2SCC12CCCCC2. The van der Waals surface area contributed by atoms with Gasteiger partial charge in [0.15, 0.2) is 0 Å². The van der Waals surface area contributed by atoms with E-state index >= 15 is 0 Å². The average Bonchev–Trinajstić information content (AvgIpc) is 2.75. The molecule has 3 saturated carbocycles. The Hall–Kier alpha value is 0.0900. The lowest BCUT2D eigenvalue weighted by molar-refractivity contribution is 0.281. The summed E-state index contributed by atoms with van der Waals surface area (Å²) in [6, 6.07) is 0. The molecule has 124 valence electrons. The third-order valence-corrected chi connectivity index (χ3v) is 8.85. The molecule has 2 unspecified atom stereocenters. The van der Waals surface area contributed by atoms with E-state index in [-0.39, 0.29) is 0 Å². The molecule has 3 aliphatic carbocycles. The molecule has 4 rings (SSSR count). The molecule has 0 bridgehead atoms. The van der Waals surface area contributed by atoms with Gasteiger partial charge in [-0.05, 0) is 55.8 Å². The molecule has 4 aliphatic rings. The first-order valence-electron chi connectivity index (χ1n) is 10.2. The number of fused-ring (bicyclic) bond motifs is 1. The van der Waals surface area contributed by atoms with E-state index in [4.69, 9.17) is 0 Å². The molecular formula is C21H34S. The van der Waals surface area contributed by atoms with Gasteiger partial charge in [0.05, 0.1) is 0 Å². The van der Waals surface area contributed by atoms with E-state index in [1.165, 1.54) is 95.6 Å². The number of hydrogen-bond acceptors (Lipinski definition) is 1. The van der Waals surface area contributed by atoms with Crippen LogP contribution >= 0.6 is 11.8 Å². The van der Waals surface area contributed by atoms with Gasteiger partial charge in [-0.25, -0.2) is 0 Å². The van der Waals surface area contributed by atoms with Gasteiger partial charge in [-0.3, -0.25) is 0 Å². The predicted octanol–water partition coefficient (Wildman–Crippen LogP) is 6.75. The van der Waals surface area contributed by atoms with Crippen molar-refractivity contribution in [2.75, 3.05) is 5.75 Å². The fourth-order valence-corrected chi connectivity index (χ4v) is 7.63. The van der Waals surface area contributed by atoms with Crippen molar-refractivity contribution in [3.05, 3.63) is 11.6 Å². The van der Waals surface area contributed by atoms with E-state index in [0.29, 0.717) is 5.41 Å². The predicted molar refractivity (Wildman–Crippen MR) is 98.4 cm³/mol. The van der Waals surface area contributed by atoms with Gasteiger partial charge < -0.3 is 0 Å². The molecule has 0 radical (unpaired) electrons. The Balaban J connectivity index is 1.65. The molecule has 0 saturated heterocycles. The molecule has 0 aromatic carbocycles. The second-order valence-electron chi connectivity index (χ2n) is 8.64. The first-order valence-corrected chi connectivity index (χ1v) is 11.3. The van der Waals surface area contributed by atoms with E-state index in [9.17, 15) is 0 Å². The second-order valence-corrected chi connectivity index (χ2v) is 9.87. The average molecular weight is 319 g/mol. The van der Waals surface area contributed by atoms with Crippen molar-refractivity contribution in [1.82, 2.24) is 0 Å². The van der Waals surface area contributed by atoms with Gasteiger partial charge in [-0.2, -0.15) is 11.8 Å². The van der Waals surface area contributed by atoms with Gasteiger partial charge in [0.1, 0.15) is 0 Å². The molecule has 1 heteroatoms. The number of thioether (sulfide) groups is 1. The Morgan fingerprint density at radius 2 is 1.45 bits per heavy atom. The van der Waals surface area contributed by atoms with E-state index in [2.05, 4.69) is 17.8 Å². The van der Waals surface area contributed by atoms with Crippen LogP contribution in [0.1, 0.15) is 89.9 Å². The molecule has 22 heavy (non-hydrogen) atoms. The molecule has 1 aliphatic heterocycles. The Morgan fingerprint density at radius 1 is 0.773 bits per heavy atom. The van der Waals surface area contributed by atoms with Crippen molar-refractivity contribution in [2.24, 2.45) is 17.3 Å². The number of allylic oxidation sites excluding steroid dienone is 2. The quantitative estimate of drug-likeness (QED) is 0.482. The van der Waals surface area contributed by atoms with Gasteiger partial charge in [0.25, 0.3) is 0 Å². The maximum Gasteiger partial charge on any atom is 0.0113 e. The minimum atomic E-state index is 0.604. The van der Waals surface area contributed by atoms with Crippen LogP contribution in [-0.4, -0.2) is 11.0 Å². The van der Waals surface area contributed by atoms with Gasteiger partial charge in [0.2, 0.25) is 0 Å². The third-order valence-electron chi connectivity index (χ3n) is 7.11. The molecule has 0 aromatic heterocycles. The van der Waals surface area contributed by atoms with E-state index in [1.54, 1.807) is 0 Å². The zero-order chi connectivity index (χ0) is 14.8. The Morgan fingerprint density at radius 3 is 2.27 bits per heavy atom. The zero-order valence-electron chi connectivity index (χ0n) is 14.3. The highest BCUT2D eigenvalue weighted by Crippen LogP contribution is 2.52. The van der Waals surface area contributed by atoms with Crippen molar-refractivity contribution in [2.45, 2.75) is 95.1 Å². The van der Waals surface area contributed by atoms with E-state index in [1.807, 2.05) is 5.57 Å². The van der Waals surface area contributed by atoms with Crippen molar-refractivity contribution in [1.29, 1.82) is 0 Å². The third kappa shape index (κ3) is 3.17. The Kier molecular flexibility index (Phi) is 4.90. The van der Waals surface area contributed by atoms with Gasteiger partial charge in [0, 0.05) is 11.0 Å². The fraction of sp³-hybridized carbons (Fsp3) is 0.905. The summed E-state index contributed by atoms with van der Waals surface area (Å²) in [5, 5.41) is 0.975. The molecule has 0 aromatic rings. The lowest BCUT2D eigenvalue weighted by atomic mass is 9.68. The number of rotatable bonds is 1. The summed E-state index contributed by atoms with van der Waals surface area (Å²) in [6.07, 6.45) is 23.9. The largest absolute Gasteiger partial charge is 0.157 e. The first kappa shape index (κ1) is 15.6. The van der Waals surface area contributed by atoms with Crippen LogP contribution < -0.4 is 0 Å². The molecule has 1 heterocycles. The summed E-state index contributed by atoms with van der Waals surface area (Å²) >= 11 is 2.39. The Labute approximate surface area is 141 Å². The van der Waals surface area contributed by atoms with Crippen LogP contribution in [0.15, 0.2) is 11.6 Å². The van der Waals surface area contributed by atoms with Crippen molar-refractivity contribution in [3.63, 3.8) is 0 Å². The molecule has 0 nitrogen and oxygen atoms in total. The highest BCUT2D eigenvalue weighted by atomic mass is 32.2. The normalized spacial score (nSPS) is 36.5. The fourth-order valence-electron chi connectivity index (χ4n) is 5.85. The summed E-state index contributed by atoms with van der Waals surface area (Å²) in [6.45, 7) is 0. The topological polar surface area (TPSA) is 0 Å². The molecule has 1 spiro atoms. The molecule has 3 fully saturated rings. The minimum Gasteiger partial charge on any atom is -0.157 e. The van der Waals surface area contributed by atoms with E-state index < -0.39 is 0 Å². The summed E-state index contributed by atoms with van der Waals surface area (Å²) in [5.74, 6) is 3.38. The maximum absolute atomic E-state index is 2.92. The van der Waals surface area contributed by atoms with Crippen LogP contribution in [0.25, 0.3) is 0 Å². The lowest BCUT2D eigenvalue weighted by Crippen LogP contribution is -2.27. The van der Waals surface area contributed by atoms with Crippen LogP contribution in [0.3, 0.4) is 0 Å². The summed E-state index contributed by atoms with van der Waals surface area (Å²) < 4.78 is 0.